The molecule has 3 amide bonds. The Balaban J connectivity index is 1.12. The molecule has 5 rings (SSSR count). The molecule has 3 heterocycles. The van der Waals surface area contributed by atoms with E-state index in [1.54, 1.807) is 4.90 Å². The van der Waals surface area contributed by atoms with Gasteiger partial charge >= 0.3 is 0 Å². The smallest absolute Gasteiger partial charge is 0.249 e. The van der Waals surface area contributed by atoms with E-state index in [0.29, 0.717) is 43.3 Å². The van der Waals surface area contributed by atoms with Gasteiger partial charge in [0.25, 0.3) is 0 Å². The number of imide groups is 1. The lowest BCUT2D eigenvalue weighted by Crippen LogP contribution is -2.55. The number of nitrogens with one attached hydrogen (secondary N) is 3. The Morgan fingerprint density at radius 1 is 0.839 bits per heavy atom. The molecule has 0 aromatic rings. The van der Waals surface area contributed by atoms with Gasteiger partial charge in [0.15, 0.2) is 0 Å². The number of carbonyl (C=O) groups is 3. The number of piperidine rings is 1. The van der Waals surface area contributed by atoms with Crippen LogP contribution in [-0.4, -0.2) is 47.3 Å². The van der Waals surface area contributed by atoms with E-state index in [4.69, 9.17) is 0 Å². The average Bonchev–Trinajstić information content (AvgIpc) is 3.10. The highest BCUT2D eigenvalue weighted by atomic mass is 16.2. The first-order chi connectivity index (χ1) is 15.1. The van der Waals surface area contributed by atoms with Crippen LogP contribution in [0.4, 0.5) is 0 Å². The average molecular weight is 431 g/mol. The summed E-state index contributed by atoms with van der Waals surface area (Å²) in [5.41, 5.74) is 7.30. The molecular formula is C24H38N4O3. The highest BCUT2D eigenvalue weighted by Crippen LogP contribution is 2.43. The summed E-state index contributed by atoms with van der Waals surface area (Å²) in [5.74, 6) is 1.54. The molecule has 5 fully saturated rings. The van der Waals surface area contributed by atoms with Crippen molar-refractivity contribution < 1.29 is 14.4 Å². The monoisotopic (exact) mass is 430 g/mol. The van der Waals surface area contributed by atoms with Gasteiger partial charge in [-0.05, 0) is 62.7 Å². The third-order valence-corrected chi connectivity index (χ3v) is 8.85. The van der Waals surface area contributed by atoms with Crippen LogP contribution in [-0.2, 0) is 14.4 Å². The van der Waals surface area contributed by atoms with Crippen LogP contribution in [0.25, 0.3) is 0 Å². The standard InChI is InChI=1S/C24H38N4O3/c29-22-11-10-21(23(30)25-22)28-14-17-13-16(6-8-19(17)24(28)31)20-9-7-18(26-27-20)12-15-4-2-1-3-5-15/h15-21,26-27H,1-14H2,(H,25,29,30). The number of likely N-dealkylation sites (tertiary alicyclic amines) is 1. The number of fused-ring (bicyclic) bond motifs is 1. The molecule has 0 bridgehead atoms. The Bertz CT molecular complexity index is 699. The van der Waals surface area contributed by atoms with Gasteiger partial charge in [0.1, 0.15) is 6.04 Å². The van der Waals surface area contributed by atoms with Crippen LogP contribution in [0.5, 0.6) is 0 Å². The largest absolute Gasteiger partial charge is 0.330 e. The second kappa shape index (κ2) is 9.18. The molecule has 5 aliphatic rings. The molecule has 0 aromatic carbocycles. The number of nitrogens with zero attached hydrogens (tertiary/aromatic N) is 1. The lowest BCUT2D eigenvalue weighted by Gasteiger charge is -2.40. The van der Waals surface area contributed by atoms with Crippen LogP contribution in [0, 0.1) is 23.7 Å². The molecule has 3 N–H and O–H groups in total. The molecule has 0 radical (unpaired) electrons. The Hall–Kier alpha value is -1.47. The van der Waals surface area contributed by atoms with Gasteiger partial charge in [-0.25, -0.2) is 0 Å². The van der Waals surface area contributed by atoms with Crippen molar-refractivity contribution in [3.8, 4) is 0 Å². The first-order valence-electron chi connectivity index (χ1n) is 12.7. The zero-order chi connectivity index (χ0) is 21.4. The fourth-order valence-corrected chi connectivity index (χ4v) is 7.11. The SMILES string of the molecule is O=C1CCC(N2CC3CC(C4CCC(CC5CCCCC5)NN4)CCC3C2=O)C(=O)N1. The molecule has 6 atom stereocenters. The second-order valence-corrected chi connectivity index (χ2v) is 10.8. The summed E-state index contributed by atoms with van der Waals surface area (Å²) >= 11 is 0. The fraction of sp³-hybridized carbons (Fsp3) is 0.875. The summed E-state index contributed by atoms with van der Waals surface area (Å²) in [6.07, 6.45) is 14.7. The second-order valence-electron chi connectivity index (χ2n) is 10.8. The van der Waals surface area contributed by atoms with Crippen molar-refractivity contribution in [3.63, 3.8) is 0 Å². The van der Waals surface area contributed by atoms with Crippen molar-refractivity contribution in [1.82, 2.24) is 21.1 Å². The maximum absolute atomic E-state index is 13.0. The van der Waals surface area contributed by atoms with Gasteiger partial charge in [0.2, 0.25) is 17.7 Å². The summed E-state index contributed by atoms with van der Waals surface area (Å²) in [7, 11) is 0. The van der Waals surface area contributed by atoms with Crippen LogP contribution in [0.2, 0.25) is 0 Å². The molecule has 31 heavy (non-hydrogen) atoms. The number of hydrogen-bond donors (Lipinski definition) is 3. The van der Waals surface area contributed by atoms with E-state index in [2.05, 4.69) is 16.2 Å². The number of hydrogen-bond acceptors (Lipinski definition) is 5. The van der Waals surface area contributed by atoms with Crippen molar-refractivity contribution in [3.05, 3.63) is 0 Å². The van der Waals surface area contributed by atoms with Gasteiger partial charge in [-0.1, -0.05) is 32.1 Å². The minimum absolute atomic E-state index is 0.0669. The topological polar surface area (TPSA) is 90.5 Å². The van der Waals surface area contributed by atoms with Gasteiger partial charge in [-0.3, -0.25) is 30.6 Å². The highest BCUT2D eigenvalue weighted by molar-refractivity contribution is 6.02. The summed E-state index contributed by atoms with van der Waals surface area (Å²) in [6.45, 7) is 0.677. The summed E-state index contributed by atoms with van der Waals surface area (Å²) in [6, 6.07) is 0.638. The van der Waals surface area contributed by atoms with E-state index in [1.165, 1.54) is 51.4 Å². The normalized spacial score (nSPS) is 40.0. The maximum atomic E-state index is 13.0. The van der Waals surface area contributed by atoms with Crippen molar-refractivity contribution in [2.75, 3.05) is 6.54 Å². The quantitative estimate of drug-likeness (QED) is 0.595. The molecule has 2 aliphatic carbocycles. The molecule has 6 unspecified atom stereocenters. The van der Waals surface area contributed by atoms with E-state index >= 15 is 0 Å². The summed E-state index contributed by atoms with van der Waals surface area (Å²) < 4.78 is 0. The van der Waals surface area contributed by atoms with E-state index < -0.39 is 6.04 Å². The van der Waals surface area contributed by atoms with Gasteiger partial charge in [0, 0.05) is 31.0 Å². The Labute approximate surface area is 185 Å². The van der Waals surface area contributed by atoms with E-state index in [0.717, 1.165) is 25.2 Å². The first-order valence-corrected chi connectivity index (χ1v) is 12.7. The predicted molar refractivity (Wildman–Crippen MR) is 116 cm³/mol. The first kappa shape index (κ1) is 21.4. The zero-order valence-corrected chi connectivity index (χ0v) is 18.6. The van der Waals surface area contributed by atoms with Crippen molar-refractivity contribution in [1.29, 1.82) is 0 Å². The van der Waals surface area contributed by atoms with Gasteiger partial charge < -0.3 is 4.90 Å². The molecule has 3 saturated heterocycles. The van der Waals surface area contributed by atoms with E-state index in [1.807, 2.05) is 0 Å². The predicted octanol–water partition coefficient (Wildman–Crippen LogP) is 2.26. The molecule has 0 spiro atoms. The van der Waals surface area contributed by atoms with Gasteiger partial charge in [0.05, 0.1) is 0 Å². The molecule has 0 aromatic heterocycles. The molecule has 7 nitrogen and oxygen atoms in total. The minimum atomic E-state index is -0.454. The Kier molecular flexibility index (Phi) is 6.33. The van der Waals surface area contributed by atoms with Crippen molar-refractivity contribution >= 4 is 17.7 Å². The Morgan fingerprint density at radius 2 is 1.68 bits per heavy atom. The molecular weight excluding hydrogens is 392 g/mol. The molecule has 172 valence electrons. The van der Waals surface area contributed by atoms with Crippen LogP contribution in [0.15, 0.2) is 0 Å². The zero-order valence-electron chi connectivity index (χ0n) is 18.6. The molecule has 7 heteroatoms. The van der Waals surface area contributed by atoms with Gasteiger partial charge in [-0.15, -0.1) is 0 Å². The number of amides is 3. The highest BCUT2D eigenvalue weighted by Gasteiger charge is 2.49. The molecule has 2 saturated carbocycles. The van der Waals surface area contributed by atoms with Crippen molar-refractivity contribution in [2.24, 2.45) is 23.7 Å². The number of carbonyl (C=O) groups excluding carboxylic acids is 3. The lowest BCUT2D eigenvalue weighted by molar-refractivity contribution is -0.144. The van der Waals surface area contributed by atoms with E-state index in [-0.39, 0.29) is 23.6 Å². The van der Waals surface area contributed by atoms with Crippen LogP contribution in [0.1, 0.15) is 83.5 Å². The minimum Gasteiger partial charge on any atom is -0.330 e. The lowest BCUT2D eigenvalue weighted by atomic mass is 9.72. The summed E-state index contributed by atoms with van der Waals surface area (Å²) in [4.78, 5) is 38.6. The molecule has 3 aliphatic heterocycles. The van der Waals surface area contributed by atoms with Crippen LogP contribution in [0.3, 0.4) is 0 Å². The fourth-order valence-electron chi connectivity index (χ4n) is 7.11. The van der Waals surface area contributed by atoms with Crippen LogP contribution < -0.4 is 16.2 Å². The van der Waals surface area contributed by atoms with Gasteiger partial charge in [-0.2, -0.15) is 0 Å². The third-order valence-electron chi connectivity index (χ3n) is 8.85. The third kappa shape index (κ3) is 4.54. The number of hydrazine groups is 1. The van der Waals surface area contributed by atoms with E-state index in [9.17, 15) is 14.4 Å². The Morgan fingerprint density at radius 3 is 2.42 bits per heavy atom. The number of rotatable bonds is 4. The summed E-state index contributed by atoms with van der Waals surface area (Å²) in [5, 5.41) is 2.41. The van der Waals surface area contributed by atoms with Crippen molar-refractivity contribution in [2.45, 2.75) is 102 Å². The maximum Gasteiger partial charge on any atom is 0.249 e. The van der Waals surface area contributed by atoms with Crippen LogP contribution >= 0.6 is 0 Å².